The van der Waals surface area contributed by atoms with Gasteiger partial charge in [0.25, 0.3) is 0 Å². The van der Waals surface area contributed by atoms with Crippen LogP contribution in [-0.4, -0.2) is 87.3 Å². The van der Waals surface area contributed by atoms with Crippen LogP contribution in [0.15, 0.2) is 0 Å². The van der Waals surface area contributed by atoms with E-state index in [4.69, 9.17) is 26.2 Å². The minimum absolute atomic E-state index is 0.754. The molecule has 14 nitrogen and oxygen atoms in total. The van der Waals surface area contributed by atoms with Gasteiger partial charge in [0.15, 0.2) is 0 Å². The van der Waals surface area contributed by atoms with Gasteiger partial charge in [0.2, 0.25) is 17.7 Å². The van der Waals surface area contributed by atoms with E-state index in [1.165, 1.54) is 0 Å². The van der Waals surface area contributed by atoms with Crippen molar-refractivity contribution >= 4 is 35.6 Å². The molecule has 0 radical (unpaired) electrons. The molecule has 9 N–H and O–H groups in total. The van der Waals surface area contributed by atoms with Crippen LogP contribution in [0, 0.1) is 0 Å². The molecule has 0 rings (SSSR count). The third-order valence-corrected chi connectivity index (χ3v) is 2.98. The molecule has 0 heterocycles. The average Bonchev–Trinajstić information content (AvgIpc) is 2.56. The fraction of sp³-hybridized carbons (Fsp3) is 0.538. The lowest BCUT2D eigenvalue weighted by atomic mass is 10.1. The Morgan fingerprint density at radius 1 is 0.815 bits per heavy atom. The highest BCUT2D eigenvalue weighted by Gasteiger charge is 2.27. The number of nitrogens with one attached hydrogen (secondary N) is 3. The van der Waals surface area contributed by atoms with Crippen molar-refractivity contribution < 1.29 is 49.2 Å². The maximum atomic E-state index is 11.9. The number of aliphatic carboxylic acids is 3. The van der Waals surface area contributed by atoms with E-state index in [1.807, 2.05) is 16.0 Å². The van der Waals surface area contributed by atoms with Gasteiger partial charge in [-0.05, 0) is 0 Å². The van der Waals surface area contributed by atoms with Crippen LogP contribution in [0.2, 0.25) is 0 Å². The third-order valence-electron chi connectivity index (χ3n) is 2.98. The summed E-state index contributed by atoms with van der Waals surface area (Å²) in [6.07, 6.45) is -1.75. The quantitative estimate of drug-likeness (QED) is 0.157. The number of carboxylic acid groups (broad SMARTS) is 3. The Labute approximate surface area is 151 Å². The van der Waals surface area contributed by atoms with Crippen molar-refractivity contribution in [2.75, 3.05) is 13.2 Å². The van der Waals surface area contributed by atoms with E-state index in [9.17, 15) is 28.8 Å². The first-order chi connectivity index (χ1) is 12.5. The summed E-state index contributed by atoms with van der Waals surface area (Å²) in [6, 6.07) is -4.75. The summed E-state index contributed by atoms with van der Waals surface area (Å²) in [4.78, 5) is 67.3. The van der Waals surface area contributed by atoms with Crippen molar-refractivity contribution in [3.63, 3.8) is 0 Å². The summed E-state index contributed by atoms with van der Waals surface area (Å²) < 4.78 is 0. The summed E-state index contributed by atoms with van der Waals surface area (Å²) in [5.41, 5.74) is 5.23. The number of carbonyl (C=O) groups is 6. The van der Waals surface area contributed by atoms with Crippen molar-refractivity contribution in [2.45, 2.75) is 31.0 Å². The molecule has 152 valence electrons. The smallest absolute Gasteiger partial charge is 0.326 e. The van der Waals surface area contributed by atoms with E-state index in [0.717, 1.165) is 0 Å². The second-order valence-corrected chi connectivity index (χ2v) is 5.22. The highest BCUT2D eigenvalue weighted by atomic mass is 16.4. The number of nitrogens with two attached hydrogens (primary N) is 1. The van der Waals surface area contributed by atoms with E-state index in [2.05, 4.69) is 0 Å². The molecule has 0 aromatic rings. The Kier molecular flexibility index (Phi) is 10.0. The summed E-state index contributed by atoms with van der Waals surface area (Å²) in [6.45, 7) is -1.56. The second kappa shape index (κ2) is 11.4. The van der Waals surface area contributed by atoms with Gasteiger partial charge in [-0.2, -0.15) is 0 Å². The fourth-order valence-electron chi connectivity index (χ4n) is 1.66. The zero-order valence-corrected chi connectivity index (χ0v) is 13.9. The molecule has 0 unspecified atom stereocenters. The van der Waals surface area contributed by atoms with Crippen molar-refractivity contribution in [3.8, 4) is 0 Å². The van der Waals surface area contributed by atoms with Crippen LogP contribution in [0.25, 0.3) is 0 Å². The predicted octanol–water partition coefficient (Wildman–Crippen LogP) is -4.57. The zero-order valence-electron chi connectivity index (χ0n) is 13.9. The van der Waals surface area contributed by atoms with Crippen LogP contribution in [0.4, 0.5) is 0 Å². The molecule has 0 spiro atoms. The molecule has 0 aliphatic rings. The Bertz CT molecular complexity index is 608. The molecule has 0 aliphatic heterocycles. The van der Waals surface area contributed by atoms with Crippen molar-refractivity contribution in [2.24, 2.45) is 5.73 Å². The van der Waals surface area contributed by atoms with Gasteiger partial charge in [0.05, 0.1) is 26.0 Å². The first-order valence-electron chi connectivity index (χ1n) is 7.38. The van der Waals surface area contributed by atoms with E-state index in [1.54, 1.807) is 0 Å². The molecule has 27 heavy (non-hydrogen) atoms. The van der Waals surface area contributed by atoms with E-state index in [0.29, 0.717) is 0 Å². The van der Waals surface area contributed by atoms with Crippen LogP contribution in [0.5, 0.6) is 0 Å². The Morgan fingerprint density at radius 3 is 1.78 bits per heavy atom. The molecule has 0 saturated heterocycles. The van der Waals surface area contributed by atoms with Crippen molar-refractivity contribution in [3.05, 3.63) is 0 Å². The Morgan fingerprint density at radius 2 is 1.33 bits per heavy atom. The molecule has 0 fully saturated rings. The zero-order chi connectivity index (χ0) is 21.1. The summed E-state index contributed by atoms with van der Waals surface area (Å²) in [7, 11) is 0. The van der Waals surface area contributed by atoms with Gasteiger partial charge in [0.1, 0.15) is 18.1 Å². The summed E-state index contributed by atoms with van der Waals surface area (Å²) in [5, 5.41) is 40.7. The number of aliphatic hydroxyl groups excluding tert-OH is 1. The first kappa shape index (κ1) is 23.7. The molecule has 14 heteroatoms. The second-order valence-electron chi connectivity index (χ2n) is 5.22. The van der Waals surface area contributed by atoms with Crippen LogP contribution in [0.3, 0.4) is 0 Å². The number of hydrogen-bond donors (Lipinski definition) is 8. The topological polar surface area (TPSA) is 245 Å². The molecular weight excluding hydrogens is 372 g/mol. The van der Waals surface area contributed by atoms with Gasteiger partial charge in [-0.1, -0.05) is 0 Å². The lowest BCUT2D eigenvalue weighted by Gasteiger charge is -2.19. The first-order valence-corrected chi connectivity index (χ1v) is 7.38. The van der Waals surface area contributed by atoms with Crippen LogP contribution < -0.4 is 21.7 Å². The minimum atomic E-state index is -1.73. The molecular formula is C13H20N4O10. The van der Waals surface area contributed by atoms with Gasteiger partial charge < -0.3 is 42.1 Å². The normalized spacial score (nSPS) is 13.6. The Hall–Kier alpha value is -3.26. The van der Waals surface area contributed by atoms with Crippen LogP contribution >= 0.6 is 0 Å². The number of rotatable bonds is 12. The number of carbonyl (C=O) groups excluding carboxylic acids is 3. The van der Waals surface area contributed by atoms with E-state index in [-0.39, 0.29) is 0 Å². The number of hydrogen-bond acceptors (Lipinski definition) is 8. The average molecular weight is 392 g/mol. The third kappa shape index (κ3) is 9.71. The standard InChI is InChI=1S/C13H20N4O10/c14-5(4-18)11(24)17-6(1-9(20)21)12(25)15-3-8(19)16-7(13(26)27)2-10(22)23/h5-7,18H,1-4,14H2,(H,15,25)(H,16,19)(H,17,24)(H,20,21)(H,22,23)(H,26,27)/t5-,6-,7-/m0/s1. The monoisotopic (exact) mass is 392 g/mol. The lowest BCUT2D eigenvalue weighted by molar-refractivity contribution is -0.147. The minimum Gasteiger partial charge on any atom is -0.481 e. The summed E-state index contributed by atoms with van der Waals surface area (Å²) in [5.74, 6) is -7.68. The predicted molar refractivity (Wildman–Crippen MR) is 84.1 cm³/mol. The maximum absolute atomic E-state index is 11.9. The SMILES string of the molecule is N[C@@H](CO)C(=O)N[C@@H](CC(=O)O)C(=O)NCC(=O)N[C@@H](CC(=O)O)C(=O)O. The van der Waals surface area contributed by atoms with Gasteiger partial charge in [-0.15, -0.1) is 0 Å². The number of aliphatic hydroxyl groups is 1. The van der Waals surface area contributed by atoms with Gasteiger partial charge in [-0.3, -0.25) is 24.0 Å². The van der Waals surface area contributed by atoms with Crippen LogP contribution in [0.1, 0.15) is 12.8 Å². The van der Waals surface area contributed by atoms with Crippen molar-refractivity contribution in [1.29, 1.82) is 0 Å². The highest BCUT2D eigenvalue weighted by Crippen LogP contribution is 1.96. The number of carboxylic acids is 3. The molecule has 0 saturated carbocycles. The maximum Gasteiger partial charge on any atom is 0.326 e. The molecule has 0 bridgehead atoms. The number of amides is 3. The molecule has 0 aromatic heterocycles. The van der Waals surface area contributed by atoms with Crippen LogP contribution in [-0.2, 0) is 28.8 Å². The fourth-order valence-corrected chi connectivity index (χ4v) is 1.66. The van der Waals surface area contributed by atoms with Crippen molar-refractivity contribution in [1.82, 2.24) is 16.0 Å². The molecule has 0 aromatic carbocycles. The lowest BCUT2D eigenvalue weighted by Crippen LogP contribution is -2.54. The molecule has 3 amide bonds. The Balaban J connectivity index is 4.80. The van der Waals surface area contributed by atoms with Gasteiger partial charge in [0, 0.05) is 0 Å². The molecule has 0 aliphatic carbocycles. The molecule has 3 atom stereocenters. The largest absolute Gasteiger partial charge is 0.481 e. The highest BCUT2D eigenvalue weighted by molar-refractivity contribution is 5.94. The van der Waals surface area contributed by atoms with E-state index >= 15 is 0 Å². The van der Waals surface area contributed by atoms with E-state index < -0.39 is 79.7 Å². The van der Waals surface area contributed by atoms with Gasteiger partial charge >= 0.3 is 17.9 Å². The summed E-state index contributed by atoms with van der Waals surface area (Å²) >= 11 is 0. The van der Waals surface area contributed by atoms with Gasteiger partial charge in [-0.25, -0.2) is 4.79 Å².